The van der Waals surface area contributed by atoms with Crippen molar-refractivity contribution in [1.29, 1.82) is 0 Å². The number of likely N-dealkylation sites (N-methyl/N-ethyl adjacent to an activating group) is 1. The predicted molar refractivity (Wildman–Crippen MR) is 98.4 cm³/mol. The molecule has 1 saturated carbocycles. The molecule has 3 heterocycles. The highest BCUT2D eigenvalue weighted by atomic mass is 32.1. The molecule has 2 aromatic heterocycles. The van der Waals surface area contributed by atoms with Crippen molar-refractivity contribution in [2.24, 2.45) is 0 Å². The van der Waals surface area contributed by atoms with Crippen LogP contribution in [0.25, 0.3) is 0 Å². The summed E-state index contributed by atoms with van der Waals surface area (Å²) in [5, 5.41) is 3.43. The second kappa shape index (κ2) is 6.34. The van der Waals surface area contributed by atoms with Gasteiger partial charge in [0.15, 0.2) is 5.82 Å². The maximum atomic E-state index is 12.5. The van der Waals surface area contributed by atoms with Gasteiger partial charge in [0.2, 0.25) is 5.13 Å². The number of anilines is 2. The number of amides is 1. The van der Waals surface area contributed by atoms with Gasteiger partial charge in [-0.2, -0.15) is 4.37 Å². The van der Waals surface area contributed by atoms with E-state index in [9.17, 15) is 4.79 Å². The molecule has 4 rings (SSSR count). The molecule has 7 nitrogen and oxygen atoms in total. The molecule has 2 aromatic rings. The van der Waals surface area contributed by atoms with Gasteiger partial charge >= 0.3 is 0 Å². The van der Waals surface area contributed by atoms with Gasteiger partial charge in [0, 0.05) is 54.9 Å². The summed E-state index contributed by atoms with van der Waals surface area (Å²) in [6, 6.07) is 3.59. The minimum absolute atomic E-state index is 0.116. The van der Waals surface area contributed by atoms with Gasteiger partial charge in [-0.25, -0.2) is 9.97 Å². The van der Waals surface area contributed by atoms with Gasteiger partial charge in [-0.3, -0.25) is 10.1 Å². The van der Waals surface area contributed by atoms with Crippen molar-refractivity contribution < 1.29 is 4.79 Å². The molecule has 8 heteroatoms. The molecule has 0 spiro atoms. The van der Waals surface area contributed by atoms with E-state index in [4.69, 9.17) is 0 Å². The Morgan fingerprint density at radius 2 is 2.04 bits per heavy atom. The molecule has 1 N–H and O–H groups in total. The number of carbonyl (C=O) groups excluding carboxylic acids is 1. The third kappa shape index (κ3) is 3.50. The Morgan fingerprint density at radius 1 is 1.28 bits per heavy atom. The minimum atomic E-state index is -0.165. The van der Waals surface area contributed by atoms with Crippen LogP contribution in [0.5, 0.6) is 0 Å². The lowest BCUT2D eigenvalue weighted by Crippen LogP contribution is -2.44. The van der Waals surface area contributed by atoms with Crippen molar-refractivity contribution >= 4 is 28.4 Å². The molecule has 0 bridgehead atoms. The molecule has 2 fully saturated rings. The van der Waals surface area contributed by atoms with E-state index < -0.39 is 0 Å². The van der Waals surface area contributed by atoms with Gasteiger partial charge in [0.1, 0.15) is 5.82 Å². The topological polar surface area (TPSA) is 74.2 Å². The van der Waals surface area contributed by atoms with Crippen LogP contribution in [0, 0.1) is 0 Å². The summed E-state index contributed by atoms with van der Waals surface area (Å²) in [5.41, 5.74) is 0.711. The first kappa shape index (κ1) is 16.4. The van der Waals surface area contributed by atoms with Crippen molar-refractivity contribution in [3.63, 3.8) is 0 Å². The average Bonchev–Trinajstić information content (AvgIpc) is 3.19. The summed E-state index contributed by atoms with van der Waals surface area (Å²) in [7, 11) is 2.12. The van der Waals surface area contributed by atoms with E-state index >= 15 is 0 Å². The van der Waals surface area contributed by atoms with Crippen LogP contribution in [0.1, 0.15) is 35.9 Å². The summed E-state index contributed by atoms with van der Waals surface area (Å²) < 4.78 is 4.39. The lowest BCUT2D eigenvalue weighted by Gasteiger charge is -2.33. The molecule has 0 unspecified atom stereocenters. The first-order valence-electron chi connectivity index (χ1n) is 8.59. The highest BCUT2D eigenvalue weighted by molar-refractivity contribution is 7.09. The predicted octanol–water partition coefficient (Wildman–Crippen LogP) is 1.99. The zero-order chi connectivity index (χ0) is 17.4. The quantitative estimate of drug-likeness (QED) is 0.901. The van der Waals surface area contributed by atoms with Crippen LogP contribution in [0.4, 0.5) is 10.9 Å². The Bertz CT molecular complexity index is 779. The molecule has 132 valence electrons. The van der Waals surface area contributed by atoms with E-state index in [2.05, 4.69) is 43.4 Å². The third-order valence-corrected chi connectivity index (χ3v) is 5.65. The molecule has 0 atom stereocenters. The maximum Gasteiger partial charge on any atom is 0.257 e. The number of rotatable bonds is 4. The molecule has 2 aliphatic rings. The second-order valence-electron chi connectivity index (χ2n) is 7.13. The zero-order valence-electron chi connectivity index (χ0n) is 14.5. The number of pyridine rings is 1. The van der Waals surface area contributed by atoms with Crippen molar-refractivity contribution in [2.75, 3.05) is 43.4 Å². The first-order chi connectivity index (χ1) is 12.0. The Morgan fingerprint density at radius 3 is 2.76 bits per heavy atom. The zero-order valence-corrected chi connectivity index (χ0v) is 15.3. The van der Waals surface area contributed by atoms with Crippen LogP contribution in [0.15, 0.2) is 18.3 Å². The van der Waals surface area contributed by atoms with Crippen molar-refractivity contribution in [2.45, 2.75) is 25.2 Å². The van der Waals surface area contributed by atoms with Crippen LogP contribution in [-0.2, 0) is 5.41 Å². The fourth-order valence-corrected chi connectivity index (χ4v) is 3.57. The highest BCUT2D eigenvalue weighted by Crippen LogP contribution is 2.46. The third-order valence-electron chi connectivity index (χ3n) is 5.02. The van der Waals surface area contributed by atoms with Gasteiger partial charge in [0.25, 0.3) is 5.91 Å². The minimum Gasteiger partial charge on any atom is -0.354 e. The van der Waals surface area contributed by atoms with Crippen molar-refractivity contribution in [3.8, 4) is 0 Å². The molecular weight excluding hydrogens is 336 g/mol. The standard InChI is InChI=1S/C17H22N6OS/c1-17(4-5-17)15-20-16(25-21-15)19-14(24)12-3-6-18-13(11-12)23-9-7-22(2)8-10-23/h3,6,11H,4-5,7-10H2,1-2H3,(H,19,20,21,24). The molecular formula is C17H22N6OS. The summed E-state index contributed by atoms with van der Waals surface area (Å²) in [6.45, 7) is 6.01. The largest absolute Gasteiger partial charge is 0.354 e. The van der Waals surface area contributed by atoms with E-state index in [0.29, 0.717) is 10.7 Å². The van der Waals surface area contributed by atoms with E-state index in [1.54, 1.807) is 12.3 Å². The molecule has 0 aromatic carbocycles. The summed E-state index contributed by atoms with van der Waals surface area (Å²) in [4.78, 5) is 26.0. The van der Waals surface area contributed by atoms with E-state index in [1.807, 2.05) is 6.07 Å². The molecule has 1 aliphatic heterocycles. The van der Waals surface area contributed by atoms with E-state index in [-0.39, 0.29) is 11.3 Å². The number of hydrogen-bond donors (Lipinski definition) is 1. The summed E-state index contributed by atoms with van der Waals surface area (Å²) in [6.07, 6.45) is 3.94. The van der Waals surface area contributed by atoms with Gasteiger partial charge < -0.3 is 9.80 Å². The number of nitrogens with one attached hydrogen (secondary N) is 1. The summed E-state index contributed by atoms with van der Waals surface area (Å²) >= 11 is 1.25. The number of piperazine rings is 1. The number of aromatic nitrogens is 3. The van der Waals surface area contributed by atoms with Gasteiger partial charge in [-0.15, -0.1) is 0 Å². The Hall–Kier alpha value is -2.06. The second-order valence-corrected chi connectivity index (χ2v) is 7.88. The lowest BCUT2D eigenvalue weighted by molar-refractivity contribution is 0.102. The van der Waals surface area contributed by atoms with Gasteiger partial charge in [-0.05, 0) is 32.0 Å². The van der Waals surface area contributed by atoms with Crippen LogP contribution in [0.2, 0.25) is 0 Å². The fraction of sp³-hybridized carbons (Fsp3) is 0.529. The summed E-state index contributed by atoms with van der Waals surface area (Å²) in [5.74, 6) is 1.53. The van der Waals surface area contributed by atoms with Gasteiger partial charge in [-0.1, -0.05) is 6.92 Å². The lowest BCUT2D eigenvalue weighted by atomic mass is 10.1. The molecule has 1 amide bonds. The SMILES string of the molecule is CN1CCN(c2cc(C(=O)Nc3nc(C4(C)CC4)ns3)ccn2)CC1. The van der Waals surface area contributed by atoms with E-state index in [1.165, 1.54) is 11.5 Å². The van der Waals surface area contributed by atoms with Gasteiger partial charge in [0.05, 0.1) is 0 Å². The van der Waals surface area contributed by atoms with Crippen LogP contribution < -0.4 is 10.2 Å². The Kier molecular flexibility index (Phi) is 4.16. The molecule has 1 aliphatic carbocycles. The average molecular weight is 358 g/mol. The van der Waals surface area contributed by atoms with Crippen LogP contribution in [0.3, 0.4) is 0 Å². The molecule has 1 saturated heterocycles. The van der Waals surface area contributed by atoms with Crippen LogP contribution in [-0.4, -0.2) is 58.4 Å². The Labute approximate surface area is 151 Å². The van der Waals surface area contributed by atoms with E-state index in [0.717, 1.165) is 50.7 Å². The molecule has 25 heavy (non-hydrogen) atoms. The number of carbonyl (C=O) groups is 1. The number of nitrogens with zero attached hydrogens (tertiary/aromatic N) is 5. The van der Waals surface area contributed by atoms with Crippen LogP contribution >= 0.6 is 11.5 Å². The maximum absolute atomic E-state index is 12.5. The number of hydrogen-bond acceptors (Lipinski definition) is 7. The van der Waals surface area contributed by atoms with Crippen molar-refractivity contribution in [3.05, 3.63) is 29.7 Å². The molecule has 0 radical (unpaired) electrons. The Balaban J connectivity index is 1.45. The normalized spacial score (nSPS) is 19.7. The monoisotopic (exact) mass is 358 g/mol. The smallest absolute Gasteiger partial charge is 0.257 e. The highest BCUT2D eigenvalue weighted by Gasteiger charge is 2.42. The fourth-order valence-electron chi connectivity index (χ4n) is 2.87. The van der Waals surface area contributed by atoms with Crippen molar-refractivity contribution in [1.82, 2.24) is 19.2 Å². The first-order valence-corrected chi connectivity index (χ1v) is 9.36.